The monoisotopic (exact) mass is 253 g/mol. The summed E-state index contributed by atoms with van der Waals surface area (Å²) in [5, 5.41) is 5.16. The summed E-state index contributed by atoms with van der Waals surface area (Å²) < 4.78 is 12.6. The zero-order chi connectivity index (χ0) is 13.5. The van der Waals surface area contributed by atoms with E-state index in [1.54, 1.807) is 6.92 Å². The minimum absolute atomic E-state index is 0.272. The first kappa shape index (κ1) is 14.1. The van der Waals surface area contributed by atoms with Crippen LogP contribution in [0.1, 0.15) is 17.3 Å². The van der Waals surface area contributed by atoms with Gasteiger partial charge >= 0.3 is 0 Å². The predicted molar refractivity (Wildman–Crippen MR) is 65.4 cm³/mol. The molecule has 0 saturated carbocycles. The molecule has 18 heavy (non-hydrogen) atoms. The summed E-state index contributed by atoms with van der Waals surface area (Å²) in [7, 11) is 0. The van der Waals surface area contributed by atoms with E-state index < -0.39 is 11.9 Å². The highest BCUT2D eigenvalue weighted by molar-refractivity contribution is 5.94. The molecule has 0 aliphatic heterocycles. The highest BCUT2D eigenvalue weighted by Crippen LogP contribution is 2.01. The van der Waals surface area contributed by atoms with Gasteiger partial charge in [-0.05, 0) is 31.2 Å². The van der Waals surface area contributed by atoms with Crippen molar-refractivity contribution in [1.29, 1.82) is 0 Å². The van der Waals surface area contributed by atoms with E-state index in [1.165, 1.54) is 24.3 Å². The number of carbonyl (C=O) groups excluding carboxylic acids is 2. The van der Waals surface area contributed by atoms with Gasteiger partial charge in [0.2, 0.25) is 5.91 Å². The van der Waals surface area contributed by atoms with E-state index in [2.05, 4.69) is 10.6 Å². The molecule has 0 bridgehead atoms. The minimum Gasteiger partial charge on any atom is -0.353 e. The summed E-state index contributed by atoms with van der Waals surface area (Å²) in [6, 6.07) is 4.65. The van der Waals surface area contributed by atoms with Crippen molar-refractivity contribution in [1.82, 2.24) is 10.6 Å². The van der Waals surface area contributed by atoms with Crippen molar-refractivity contribution >= 4 is 11.8 Å². The average molecular weight is 253 g/mol. The lowest BCUT2D eigenvalue weighted by atomic mass is 10.2. The summed E-state index contributed by atoms with van der Waals surface area (Å²) in [4.78, 5) is 22.7. The Morgan fingerprint density at radius 1 is 1.22 bits per heavy atom. The van der Waals surface area contributed by atoms with Crippen LogP contribution in [0.4, 0.5) is 4.39 Å². The van der Waals surface area contributed by atoms with Gasteiger partial charge in [-0.15, -0.1) is 0 Å². The SMILES string of the molecule is C[C@@H](N)C(=O)NCCNC(=O)c1ccc(F)cc1. The van der Waals surface area contributed by atoms with Crippen LogP contribution in [0.15, 0.2) is 24.3 Å². The lowest BCUT2D eigenvalue weighted by molar-refractivity contribution is -0.121. The predicted octanol–water partition coefficient (Wildman–Crippen LogP) is 0.0189. The lowest BCUT2D eigenvalue weighted by Crippen LogP contribution is -2.42. The quantitative estimate of drug-likeness (QED) is 0.647. The summed E-state index contributed by atoms with van der Waals surface area (Å²) in [6.45, 7) is 2.16. The number of nitrogens with one attached hydrogen (secondary N) is 2. The summed E-state index contributed by atoms with van der Waals surface area (Å²) in [5.41, 5.74) is 5.72. The molecule has 5 nitrogen and oxygen atoms in total. The summed E-state index contributed by atoms with van der Waals surface area (Å²) >= 11 is 0. The van der Waals surface area contributed by atoms with Gasteiger partial charge in [-0.2, -0.15) is 0 Å². The summed E-state index contributed by atoms with van der Waals surface area (Å²) in [6.07, 6.45) is 0. The standard InChI is InChI=1S/C12H16FN3O2/c1-8(14)11(17)15-6-7-16-12(18)9-2-4-10(13)5-3-9/h2-5,8H,6-7,14H2,1H3,(H,15,17)(H,16,18)/t8-/m1/s1. The van der Waals surface area contributed by atoms with Crippen molar-refractivity contribution in [3.63, 3.8) is 0 Å². The third-order valence-electron chi connectivity index (χ3n) is 2.23. The highest BCUT2D eigenvalue weighted by atomic mass is 19.1. The first-order valence-electron chi connectivity index (χ1n) is 5.58. The Morgan fingerprint density at radius 3 is 2.33 bits per heavy atom. The Morgan fingerprint density at radius 2 is 1.78 bits per heavy atom. The second-order valence-electron chi connectivity index (χ2n) is 3.84. The minimum atomic E-state index is -0.571. The van der Waals surface area contributed by atoms with Crippen LogP contribution in [0.5, 0.6) is 0 Å². The van der Waals surface area contributed by atoms with Crippen LogP contribution < -0.4 is 16.4 Å². The van der Waals surface area contributed by atoms with Crippen LogP contribution in [0.3, 0.4) is 0 Å². The van der Waals surface area contributed by atoms with E-state index in [9.17, 15) is 14.0 Å². The second-order valence-corrected chi connectivity index (χ2v) is 3.84. The second kappa shape index (κ2) is 6.70. The van der Waals surface area contributed by atoms with Gasteiger partial charge in [-0.25, -0.2) is 4.39 Å². The Kier molecular flexibility index (Phi) is 5.26. The van der Waals surface area contributed by atoms with Gasteiger partial charge in [0.15, 0.2) is 0 Å². The number of hydrogen-bond acceptors (Lipinski definition) is 3. The molecule has 98 valence electrons. The molecule has 1 aromatic rings. The van der Waals surface area contributed by atoms with E-state index in [1.807, 2.05) is 0 Å². The molecular formula is C12H16FN3O2. The molecule has 1 aromatic carbocycles. The molecule has 0 aliphatic carbocycles. The average Bonchev–Trinajstić information content (AvgIpc) is 2.34. The molecule has 0 heterocycles. The summed E-state index contributed by atoms with van der Waals surface area (Å²) in [5.74, 6) is -0.980. The molecule has 0 aromatic heterocycles. The largest absolute Gasteiger partial charge is 0.353 e. The van der Waals surface area contributed by atoms with Crippen LogP contribution in [0, 0.1) is 5.82 Å². The van der Waals surface area contributed by atoms with Crippen molar-refractivity contribution in [3.05, 3.63) is 35.6 Å². The van der Waals surface area contributed by atoms with Crippen molar-refractivity contribution in [2.45, 2.75) is 13.0 Å². The zero-order valence-corrected chi connectivity index (χ0v) is 10.1. The van der Waals surface area contributed by atoms with Gasteiger partial charge in [0.1, 0.15) is 5.82 Å². The number of rotatable bonds is 5. The molecular weight excluding hydrogens is 237 g/mol. The number of halogens is 1. The highest BCUT2D eigenvalue weighted by Gasteiger charge is 2.07. The molecule has 0 radical (unpaired) electrons. The van der Waals surface area contributed by atoms with Gasteiger partial charge in [0, 0.05) is 18.7 Å². The number of amides is 2. The smallest absolute Gasteiger partial charge is 0.251 e. The van der Waals surface area contributed by atoms with Crippen molar-refractivity contribution in [3.8, 4) is 0 Å². The maximum absolute atomic E-state index is 12.6. The van der Waals surface area contributed by atoms with E-state index in [4.69, 9.17) is 5.73 Å². The fraction of sp³-hybridized carbons (Fsp3) is 0.333. The van der Waals surface area contributed by atoms with Crippen LogP contribution in [0.25, 0.3) is 0 Å². The maximum Gasteiger partial charge on any atom is 0.251 e. The third kappa shape index (κ3) is 4.50. The zero-order valence-electron chi connectivity index (χ0n) is 10.1. The number of nitrogens with two attached hydrogens (primary N) is 1. The van der Waals surface area contributed by atoms with Crippen molar-refractivity contribution < 1.29 is 14.0 Å². The number of benzene rings is 1. The van der Waals surface area contributed by atoms with E-state index in [0.29, 0.717) is 12.1 Å². The molecule has 6 heteroatoms. The molecule has 0 saturated heterocycles. The van der Waals surface area contributed by atoms with Crippen LogP contribution >= 0.6 is 0 Å². The van der Waals surface area contributed by atoms with Crippen LogP contribution in [-0.2, 0) is 4.79 Å². The van der Waals surface area contributed by atoms with Gasteiger partial charge < -0.3 is 16.4 Å². The van der Waals surface area contributed by atoms with Gasteiger partial charge in [-0.3, -0.25) is 9.59 Å². The molecule has 0 spiro atoms. The van der Waals surface area contributed by atoms with Gasteiger partial charge in [0.05, 0.1) is 6.04 Å². The topological polar surface area (TPSA) is 84.2 Å². The molecule has 1 atom stereocenters. The van der Waals surface area contributed by atoms with E-state index in [-0.39, 0.29) is 18.4 Å². The van der Waals surface area contributed by atoms with Gasteiger partial charge in [0.25, 0.3) is 5.91 Å². The molecule has 0 fully saturated rings. The number of hydrogen-bond donors (Lipinski definition) is 3. The Balaban J connectivity index is 2.29. The maximum atomic E-state index is 12.6. The lowest BCUT2D eigenvalue weighted by Gasteiger charge is -2.08. The Bertz CT molecular complexity index is 418. The van der Waals surface area contributed by atoms with E-state index in [0.717, 1.165) is 0 Å². The normalized spacial score (nSPS) is 11.7. The Labute approximate surface area is 105 Å². The van der Waals surface area contributed by atoms with Gasteiger partial charge in [-0.1, -0.05) is 0 Å². The molecule has 0 unspecified atom stereocenters. The van der Waals surface area contributed by atoms with Crippen LogP contribution in [-0.4, -0.2) is 30.9 Å². The van der Waals surface area contributed by atoms with Crippen molar-refractivity contribution in [2.75, 3.05) is 13.1 Å². The third-order valence-corrected chi connectivity index (χ3v) is 2.23. The molecule has 1 rings (SSSR count). The first-order valence-corrected chi connectivity index (χ1v) is 5.58. The van der Waals surface area contributed by atoms with Crippen LogP contribution in [0.2, 0.25) is 0 Å². The Hall–Kier alpha value is -1.95. The number of carbonyl (C=O) groups is 2. The van der Waals surface area contributed by atoms with E-state index >= 15 is 0 Å². The molecule has 4 N–H and O–H groups in total. The molecule has 2 amide bonds. The van der Waals surface area contributed by atoms with Crippen molar-refractivity contribution in [2.24, 2.45) is 5.73 Å². The first-order chi connectivity index (χ1) is 8.50. The fourth-order valence-corrected chi connectivity index (χ4v) is 1.23. The molecule has 0 aliphatic rings. The fourth-order valence-electron chi connectivity index (χ4n) is 1.23.